The van der Waals surface area contributed by atoms with Gasteiger partial charge in [-0.25, -0.2) is 4.39 Å². The van der Waals surface area contributed by atoms with Crippen molar-refractivity contribution in [1.82, 2.24) is 0 Å². The molecule has 0 N–H and O–H groups in total. The monoisotopic (exact) mass is 381 g/mol. The predicted octanol–water partition coefficient (Wildman–Crippen LogP) is 4.75. The second kappa shape index (κ2) is 7.00. The highest BCUT2D eigenvalue weighted by molar-refractivity contribution is 6.08. The summed E-state index contributed by atoms with van der Waals surface area (Å²) in [6.07, 6.45) is 0.995. The second-order valence-electron chi connectivity index (χ2n) is 9.31. The van der Waals surface area contributed by atoms with Gasteiger partial charge in [-0.15, -0.1) is 0 Å². The third-order valence-electron chi connectivity index (χ3n) is 6.36. The first-order chi connectivity index (χ1) is 13.3. The number of likely N-dealkylation sites (N-methyl/N-ethyl adjacent to an activating group) is 1. The number of benzene rings is 2. The highest BCUT2D eigenvalue weighted by atomic mass is 19.1. The second-order valence-corrected chi connectivity index (χ2v) is 9.31. The zero-order valence-electron chi connectivity index (χ0n) is 17.3. The largest absolute Gasteiger partial charge is 0.325 e. The number of aryl methyl sites for hydroxylation is 1. The summed E-state index contributed by atoms with van der Waals surface area (Å²) in [7, 11) is 2.36. The van der Waals surface area contributed by atoms with Crippen LogP contribution >= 0.6 is 0 Å². The van der Waals surface area contributed by atoms with Crippen LogP contribution in [0.5, 0.6) is 0 Å². The van der Waals surface area contributed by atoms with Crippen molar-refractivity contribution in [3.8, 4) is 0 Å². The zero-order valence-corrected chi connectivity index (χ0v) is 17.3. The van der Waals surface area contributed by atoms with Crippen LogP contribution in [0.1, 0.15) is 47.7 Å². The first-order valence-corrected chi connectivity index (χ1v) is 10.3. The van der Waals surface area contributed by atoms with Crippen LogP contribution in [-0.4, -0.2) is 43.1 Å². The molecule has 2 aromatic carbocycles. The maximum Gasteiger partial charge on any atom is 0.258 e. The lowest BCUT2D eigenvalue weighted by Crippen LogP contribution is -2.57. The lowest BCUT2D eigenvalue weighted by molar-refractivity contribution is -0.918. The number of nitrogens with zero attached hydrogens (tertiary/aromatic N) is 2. The average Bonchev–Trinajstić information content (AvgIpc) is 2.93. The Kier molecular flexibility index (Phi) is 4.78. The summed E-state index contributed by atoms with van der Waals surface area (Å²) in [4.78, 5) is 15.4. The van der Waals surface area contributed by atoms with Crippen LogP contribution in [0, 0.1) is 18.7 Å². The highest BCUT2D eigenvalue weighted by Crippen LogP contribution is 2.47. The van der Waals surface area contributed by atoms with Gasteiger partial charge in [0.05, 0.1) is 38.6 Å². The molecule has 4 heteroatoms. The molecule has 1 fully saturated rings. The summed E-state index contributed by atoms with van der Waals surface area (Å²) in [6.45, 7) is 9.99. The molecule has 1 saturated heterocycles. The number of fused-ring (bicyclic) bond motifs is 3. The molecule has 0 saturated carbocycles. The fraction of sp³-hybridized carbons (Fsp3) is 0.458. The minimum atomic E-state index is -0.314. The van der Waals surface area contributed by atoms with Crippen LogP contribution < -0.4 is 4.90 Å². The Morgan fingerprint density at radius 2 is 1.93 bits per heavy atom. The minimum Gasteiger partial charge on any atom is -0.325 e. The quantitative estimate of drug-likeness (QED) is 0.703. The van der Waals surface area contributed by atoms with Crippen LogP contribution in [0.15, 0.2) is 42.5 Å². The van der Waals surface area contributed by atoms with Gasteiger partial charge in [0.1, 0.15) is 5.82 Å². The van der Waals surface area contributed by atoms with Gasteiger partial charge in [-0.1, -0.05) is 31.5 Å². The Labute approximate surface area is 167 Å². The summed E-state index contributed by atoms with van der Waals surface area (Å²) in [6, 6.07) is 12.6. The van der Waals surface area contributed by atoms with E-state index in [4.69, 9.17) is 0 Å². The number of quaternary nitrogens is 1. The number of rotatable bonds is 3. The molecule has 2 heterocycles. The van der Waals surface area contributed by atoms with Gasteiger partial charge in [0, 0.05) is 23.6 Å². The minimum absolute atomic E-state index is 0.0161. The lowest BCUT2D eigenvalue weighted by atomic mass is 9.86. The summed E-state index contributed by atoms with van der Waals surface area (Å²) >= 11 is 0. The third kappa shape index (κ3) is 3.35. The molecule has 2 aliphatic rings. The number of halogens is 1. The van der Waals surface area contributed by atoms with Gasteiger partial charge in [0.25, 0.3) is 5.91 Å². The molecule has 0 aromatic heterocycles. The molecular weight excluding hydrogens is 351 g/mol. The van der Waals surface area contributed by atoms with Gasteiger partial charge in [0.15, 0.2) is 0 Å². The van der Waals surface area contributed by atoms with Crippen molar-refractivity contribution in [3.05, 3.63) is 65.0 Å². The molecule has 2 aliphatic heterocycles. The number of anilines is 1. The topological polar surface area (TPSA) is 20.3 Å². The number of likely N-dealkylation sites (tertiary alicyclic amines) is 1. The summed E-state index contributed by atoms with van der Waals surface area (Å²) in [5, 5.41) is 0. The van der Waals surface area contributed by atoms with E-state index in [1.165, 1.54) is 23.3 Å². The van der Waals surface area contributed by atoms with E-state index < -0.39 is 0 Å². The van der Waals surface area contributed by atoms with Gasteiger partial charge >= 0.3 is 0 Å². The maximum absolute atomic E-state index is 13.4. The number of hydrogen-bond acceptors (Lipinski definition) is 1. The van der Waals surface area contributed by atoms with Crippen molar-refractivity contribution >= 4 is 11.6 Å². The molecule has 148 valence electrons. The van der Waals surface area contributed by atoms with Crippen molar-refractivity contribution < 1.29 is 13.7 Å². The molecular formula is C24H30FN2O+. The molecule has 0 radical (unpaired) electrons. The van der Waals surface area contributed by atoms with Gasteiger partial charge < -0.3 is 9.38 Å². The van der Waals surface area contributed by atoms with E-state index in [1.807, 2.05) is 4.90 Å². The first kappa shape index (κ1) is 19.1. The normalized spacial score (nSPS) is 26.3. The van der Waals surface area contributed by atoms with Crippen molar-refractivity contribution in [3.63, 3.8) is 0 Å². The van der Waals surface area contributed by atoms with Crippen molar-refractivity contribution in [2.45, 2.75) is 39.2 Å². The molecule has 3 nitrogen and oxygen atoms in total. The molecule has 3 atom stereocenters. The standard InChI is InChI=1S/C24H30FN2O/c1-16(2)14-27(4)12-11-23-21(15-27)20-13-17(3)5-10-22(20)26(23)24(28)18-6-8-19(25)9-7-18/h5-10,13,16,21,23H,11-12,14-15H2,1-4H3/q+1/t21-,23-,27?/m0/s1. The third-order valence-corrected chi connectivity index (χ3v) is 6.36. The Morgan fingerprint density at radius 1 is 1.21 bits per heavy atom. The highest BCUT2D eigenvalue weighted by Gasteiger charge is 2.49. The van der Waals surface area contributed by atoms with E-state index in [1.54, 1.807) is 12.1 Å². The summed E-state index contributed by atoms with van der Waals surface area (Å²) in [5.41, 5.74) is 4.12. The van der Waals surface area contributed by atoms with E-state index in [2.05, 4.69) is 46.0 Å². The van der Waals surface area contributed by atoms with E-state index in [0.29, 0.717) is 17.4 Å². The Hall–Kier alpha value is -2.20. The van der Waals surface area contributed by atoms with E-state index >= 15 is 0 Å². The van der Waals surface area contributed by atoms with Crippen molar-refractivity contribution in [1.29, 1.82) is 0 Å². The van der Waals surface area contributed by atoms with Crippen LogP contribution in [0.4, 0.5) is 10.1 Å². The summed E-state index contributed by atoms with van der Waals surface area (Å²) in [5.74, 6) is 0.678. The van der Waals surface area contributed by atoms with Gasteiger partial charge in [-0.2, -0.15) is 0 Å². The van der Waals surface area contributed by atoms with E-state index in [-0.39, 0.29) is 17.8 Å². The molecule has 2 aromatic rings. The number of piperidine rings is 1. The number of amides is 1. The van der Waals surface area contributed by atoms with Crippen LogP contribution in [-0.2, 0) is 0 Å². The van der Waals surface area contributed by atoms with Crippen molar-refractivity contribution in [2.24, 2.45) is 5.92 Å². The smallest absolute Gasteiger partial charge is 0.258 e. The SMILES string of the molecule is Cc1ccc2c(c1)[C@@H]1C[N+](C)(CC(C)C)CC[C@@H]1N2C(=O)c1ccc(F)cc1. The molecule has 28 heavy (non-hydrogen) atoms. The Balaban J connectivity index is 1.72. The van der Waals surface area contributed by atoms with E-state index in [0.717, 1.165) is 36.2 Å². The predicted molar refractivity (Wildman–Crippen MR) is 111 cm³/mol. The molecule has 1 amide bonds. The van der Waals surface area contributed by atoms with Crippen LogP contribution in [0.25, 0.3) is 0 Å². The summed E-state index contributed by atoms with van der Waals surface area (Å²) < 4.78 is 14.4. The van der Waals surface area contributed by atoms with Gasteiger partial charge in [-0.05, 0) is 42.8 Å². The number of hydrogen-bond donors (Lipinski definition) is 0. The van der Waals surface area contributed by atoms with Gasteiger partial charge in [0.2, 0.25) is 0 Å². The average molecular weight is 382 g/mol. The molecule has 0 bridgehead atoms. The molecule has 0 spiro atoms. The van der Waals surface area contributed by atoms with Gasteiger partial charge in [-0.3, -0.25) is 4.79 Å². The number of carbonyl (C=O) groups is 1. The van der Waals surface area contributed by atoms with Crippen LogP contribution in [0.2, 0.25) is 0 Å². The maximum atomic E-state index is 13.4. The van der Waals surface area contributed by atoms with Crippen molar-refractivity contribution in [2.75, 3.05) is 31.6 Å². The molecule has 0 aliphatic carbocycles. The Morgan fingerprint density at radius 3 is 2.61 bits per heavy atom. The first-order valence-electron chi connectivity index (χ1n) is 10.3. The fourth-order valence-corrected chi connectivity index (χ4v) is 5.36. The lowest BCUT2D eigenvalue weighted by Gasteiger charge is -2.45. The van der Waals surface area contributed by atoms with E-state index in [9.17, 15) is 9.18 Å². The fourth-order valence-electron chi connectivity index (χ4n) is 5.36. The van der Waals surface area contributed by atoms with Crippen LogP contribution in [0.3, 0.4) is 0 Å². The molecule has 4 rings (SSSR count). The zero-order chi connectivity index (χ0) is 20.1. The molecule has 1 unspecified atom stereocenters. The Bertz CT molecular complexity index is 892. The number of carbonyl (C=O) groups excluding carboxylic acids is 1.